The molecule has 0 fully saturated rings. The summed E-state index contributed by atoms with van der Waals surface area (Å²) in [6, 6.07) is 20.0. The normalized spacial score (nSPS) is 11.1. The number of hydrogen-bond acceptors (Lipinski definition) is 4. The first-order chi connectivity index (χ1) is 15.2. The Kier molecular flexibility index (Phi) is 7.63. The summed E-state index contributed by atoms with van der Waals surface area (Å²) in [7, 11) is -3.84. The average Bonchev–Trinajstić information content (AvgIpc) is 2.78. The van der Waals surface area contributed by atoms with E-state index in [2.05, 4.69) is 15.4 Å². The van der Waals surface area contributed by atoms with Crippen molar-refractivity contribution in [2.75, 3.05) is 11.9 Å². The van der Waals surface area contributed by atoms with E-state index < -0.39 is 21.8 Å². The fraction of sp³-hybridized carbons (Fsp3) is 0.130. The molecule has 166 valence electrons. The second-order valence-corrected chi connectivity index (χ2v) is 9.20. The Morgan fingerprint density at radius 2 is 1.62 bits per heavy atom. The van der Waals surface area contributed by atoms with Crippen molar-refractivity contribution >= 4 is 39.1 Å². The van der Waals surface area contributed by atoms with Crippen LogP contribution in [0.1, 0.15) is 21.5 Å². The van der Waals surface area contributed by atoms with Crippen molar-refractivity contribution in [1.29, 1.82) is 0 Å². The van der Waals surface area contributed by atoms with Gasteiger partial charge in [0.15, 0.2) is 0 Å². The summed E-state index contributed by atoms with van der Waals surface area (Å²) in [6.45, 7) is 1.51. The topological polar surface area (TPSA) is 104 Å². The van der Waals surface area contributed by atoms with Gasteiger partial charge in [-0.2, -0.15) is 0 Å². The number of carbonyl (C=O) groups is 2. The number of sulfonamides is 1. The van der Waals surface area contributed by atoms with Crippen molar-refractivity contribution in [2.24, 2.45) is 0 Å². The molecule has 3 rings (SSSR count). The van der Waals surface area contributed by atoms with Crippen molar-refractivity contribution in [2.45, 2.75) is 18.4 Å². The molecule has 0 aliphatic heterocycles. The van der Waals surface area contributed by atoms with Gasteiger partial charge in [0.05, 0.1) is 11.4 Å². The second-order valence-electron chi connectivity index (χ2n) is 7.03. The van der Waals surface area contributed by atoms with Gasteiger partial charge in [0.1, 0.15) is 0 Å². The zero-order valence-electron chi connectivity index (χ0n) is 17.3. The van der Waals surface area contributed by atoms with E-state index in [0.717, 1.165) is 5.56 Å². The van der Waals surface area contributed by atoms with Crippen molar-refractivity contribution in [3.8, 4) is 0 Å². The van der Waals surface area contributed by atoms with E-state index in [9.17, 15) is 18.0 Å². The van der Waals surface area contributed by atoms with Crippen LogP contribution in [0.15, 0.2) is 77.7 Å². The minimum Gasteiger partial charge on any atom is -0.343 e. The highest BCUT2D eigenvalue weighted by atomic mass is 35.5. The van der Waals surface area contributed by atoms with Crippen LogP contribution >= 0.6 is 11.6 Å². The van der Waals surface area contributed by atoms with Gasteiger partial charge in [-0.05, 0) is 54.4 Å². The third-order valence-corrected chi connectivity index (χ3v) is 6.38. The van der Waals surface area contributed by atoms with Gasteiger partial charge in [0.25, 0.3) is 5.91 Å². The van der Waals surface area contributed by atoms with Crippen molar-refractivity contribution in [3.05, 3.63) is 94.5 Å². The predicted molar refractivity (Wildman–Crippen MR) is 124 cm³/mol. The van der Waals surface area contributed by atoms with Crippen LogP contribution < -0.4 is 15.4 Å². The third-order valence-electron chi connectivity index (χ3n) is 4.59. The first kappa shape index (κ1) is 23.5. The average molecular weight is 472 g/mol. The molecule has 0 spiro atoms. The number of amides is 2. The number of nitrogens with one attached hydrogen (secondary N) is 3. The van der Waals surface area contributed by atoms with Crippen LogP contribution in [0.2, 0.25) is 5.02 Å². The Labute approximate surface area is 191 Å². The van der Waals surface area contributed by atoms with Gasteiger partial charge in [-0.1, -0.05) is 48.0 Å². The Balaban J connectivity index is 1.64. The molecule has 0 unspecified atom stereocenters. The molecular weight excluding hydrogens is 450 g/mol. The Morgan fingerprint density at radius 1 is 0.938 bits per heavy atom. The zero-order chi connectivity index (χ0) is 23.1. The molecule has 0 aromatic heterocycles. The quantitative estimate of drug-likeness (QED) is 0.467. The lowest BCUT2D eigenvalue weighted by Crippen LogP contribution is -2.33. The first-order valence-corrected chi connectivity index (χ1v) is 11.6. The first-order valence-electron chi connectivity index (χ1n) is 9.72. The van der Waals surface area contributed by atoms with Crippen molar-refractivity contribution in [3.63, 3.8) is 0 Å². The molecule has 0 radical (unpaired) electrons. The minimum atomic E-state index is -3.84. The number of anilines is 1. The molecule has 9 heteroatoms. The second kappa shape index (κ2) is 10.4. The van der Waals surface area contributed by atoms with Crippen LogP contribution in [-0.4, -0.2) is 26.8 Å². The summed E-state index contributed by atoms with van der Waals surface area (Å²) in [5.41, 5.74) is 1.99. The molecule has 3 aromatic rings. The van der Waals surface area contributed by atoms with Gasteiger partial charge in [-0.15, -0.1) is 0 Å². The van der Waals surface area contributed by atoms with Gasteiger partial charge >= 0.3 is 0 Å². The highest BCUT2D eigenvalue weighted by Crippen LogP contribution is 2.18. The van der Waals surface area contributed by atoms with E-state index in [1.807, 2.05) is 30.3 Å². The number of halogens is 1. The lowest BCUT2D eigenvalue weighted by molar-refractivity contribution is -0.115. The number of rotatable bonds is 8. The zero-order valence-corrected chi connectivity index (χ0v) is 18.8. The van der Waals surface area contributed by atoms with Gasteiger partial charge in [0, 0.05) is 22.8 Å². The minimum absolute atomic E-state index is 0.00620. The number of carbonyl (C=O) groups excluding carboxylic acids is 2. The summed E-state index contributed by atoms with van der Waals surface area (Å²) in [5.74, 6) is -0.985. The Bertz CT molecular complexity index is 1210. The Morgan fingerprint density at radius 3 is 2.31 bits per heavy atom. The SMILES string of the molecule is Cc1ccc(C(=O)NCC(=O)Nc2ccc(Cl)cc2)cc1S(=O)(=O)NCc1ccccc1. The lowest BCUT2D eigenvalue weighted by Gasteiger charge is -2.12. The summed E-state index contributed by atoms with van der Waals surface area (Å²) in [5, 5.41) is 5.67. The molecular formula is C23H22ClN3O4S. The number of aryl methyl sites for hydroxylation is 1. The van der Waals surface area contributed by atoms with E-state index in [4.69, 9.17) is 11.6 Å². The van der Waals surface area contributed by atoms with Gasteiger partial charge < -0.3 is 10.6 Å². The van der Waals surface area contributed by atoms with E-state index >= 15 is 0 Å². The fourth-order valence-corrected chi connectivity index (χ4v) is 4.30. The van der Waals surface area contributed by atoms with Crippen LogP contribution in [0.25, 0.3) is 0 Å². The monoisotopic (exact) mass is 471 g/mol. The molecule has 32 heavy (non-hydrogen) atoms. The molecule has 0 bridgehead atoms. The standard InChI is InChI=1S/C23H22ClN3O4S/c1-16-7-8-18(13-21(16)32(30,31)26-14-17-5-3-2-4-6-17)23(29)25-15-22(28)27-20-11-9-19(24)10-12-20/h2-13,26H,14-15H2,1H3,(H,25,29)(H,27,28). The molecule has 3 N–H and O–H groups in total. The van der Waals surface area contributed by atoms with Crippen LogP contribution in [-0.2, 0) is 21.4 Å². The Hall–Kier alpha value is -3.20. The van der Waals surface area contributed by atoms with Crippen molar-refractivity contribution < 1.29 is 18.0 Å². The molecule has 0 saturated heterocycles. The maximum atomic E-state index is 12.8. The fourth-order valence-electron chi connectivity index (χ4n) is 2.88. The van der Waals surface area contributed by atoms with E-state index in [0.29, 0.717) is 16.3 Å². The largest absolute Gasteiger partial charge is 0.343 e. The van der Waals surface area contributed by atoms with Gasteiger partial charge in [-0.3, -0.25) is 9.59 Å². The van der Waals surface area contributed by atoms with E-state index in [-0.39, 0.29) is 23.5 Å². The number of benzene rings is 3. The predicted octanol–water partition coefficient (Wildman–Crippen LogP) is 3.50. The molecule has 0 aliphatic rings. The number of hydrogen-bond donors (Lipinski definition) is 3. The van der Waals surface area contributed by atoms with E-state index in [1.165, 1.54) is 12.1 Å². The maximum absolute atomic E-state index is 12.8. The lowest BCUT2D eigenvalue weighted by atomic mass is 10.1. The van der Waals surface area contributed by atoms with E-state index in [1.54, 1.807) is 37.3 Å². The summed E-state index contributed by atoms with van der Waals surface area (Å²) >= 11 is 5.81. The summed E-state index contributed by atoms with van der Waals surface area (Å²) in [6.07, 6.45) is 0. The molecule has 0 heterocycles. The van der Waals surface area contributed by atoms with Crippen molar-refractivity contribution in [1.82, 2.24) is 10.0 Å². The van der Waals surface area contributed by atoms with Crippen LogP contribution in [0, 0.1) is 6.92 Å². The molecule has 2 amide bonds. The molecule has 0 aliphatic carbocycles. The van der Waals surface area contributed by atoms with Gasteiger partial charge in [-0.25, -0.2) is 13.1 Å². The molecule has 0 saturated carbocycles. The van der Waals surface area contributed by atoms with Crippen LogP contribution in [0.5, 0.6) is 0 Å². The smallest absolute Gasteiger partial charge is 0.251 e. The maximum Gasteiger partial charge on any atom is 0.251 e. The highest BCUT2D eigenvalue weighted by Gasteiger charge is 2.19. The van der Waals surface area contributed by atoms with Crippen LogP contribution in [0.3, 0.4) is 0 Å². The summed E-state index contributed by atoms with van der Waals surface area (Å²) < 4.78 is 28.1. The molecule has 0 atom stereocenters. The van der Waals surface area contributed by atoms with Gasteiger partial charge in [0.2, 0.25) is 15.9 Å². The molecule has 3 aromatic carbocycles. The highest BCUT2D eigenvalue weighted by molar-refractivity contribution is 7.89. The summed E-state index contributed by atoms with van der Waals surface area (Å²) in [4.78, 5) is 24.6. The molecule has 7 nitrogen and oxygen atoms in total. The third kappa shape index (κ3) is 6.40. The van der Waals surface area contributed by atoms with Crippen LogP contribution in [0.4, 0.5) is 5.69 Å².